The van der Waals surface area contributed by atoms with Crippen molar-refractivity contribution in [3.8, 4) is 5.75 Å². The van der Waals surface area contributed by atoms with Gasteiger partial charge in [0, 0.05) is 50.4 Å². The van der Waals surface area contributed by atoms with Crippen molar-refractivity contribution >= 4 is 17.5 Å². The average molecular weight is 421 g/mol. The first kappa shape index (κ1) is 19.8. The maximum absolute atomic E-state index is 12.9. The molecule has 5 rings (SSSR count). The fourth-order valence-electron chi connectivity index (χ4n) is 4.31. The second kappa shape index (κ2) is 8.19. The molecule has 1 amide bonds. The minimum absolute atomic E-state index is 0.0586. The average Bonchev–Trinajstić information content (AvgIpc) is 3.23. The van der Waals surface area contributed by atoms with Gasteiger partial charge in [0.25, 0.3) is 5.91 Å². The van der Waals surface area contributed by atoms with Crippen LogP contribution in [-0.4, -0.2) is 64.2 Å². The molecule has 31 heavy (non-hydrogen) atoms. The third kappa shape index (κ3) is 3.95. The second-order valence-corrected chi connectivity index (χ2v) is 8.45. The Kier molecular flexibility index (Phi) is 5.23. The number of fused-ring (bicyclic) bond motifs is 2. The molecule has 162 valence electrons. The number of carbonyl (C=O) groups excluding carboxylic acids is 1. The molecule has 1 atom stereocenters. The van der Waals surface area contributed by atoms with Crippen LogP contribution in [0.25, 0.3) is 5.65 Å². The number of pyridine rings is 1. The highest BCUT2D eigenvalue weighted by Crippen LogP contribution is 2.31. The van der Waals surface area contributed by atoms with E-state index in [1.807, 2.05) is 36.4 Å². The van der Waals surface area contributed by atoms with E-state index in [2.05, 4.69) is 39.0 Å². The lowest BCUT2D eigenvalue weighted by atomic mass is 10.0. The standard InChI is InChI=1S/C23H28N6O2/c1-16(2)27-10-12-28(13-11-27)23-25-21-8-7-17(15-29(21)26-23)22(30)24-19-9-14-31-20-6-4-3-5-18(19)20/h3-8,15-16,19H,9-14H2,1-2H3,(H,24,30)/t19-/m0/s1. The van der Waals surface area contributed by atoms with Gasteiger partial charge in [-0.05, 0) is 32.0 Å². The van der Waals surface area contributed by atoms with Crippen LogP contribution in [0.3, 0.4) is 0 Å². The molecule has 1 N–H and O–H groups in total. The van der Waals surface area contributed by atoms with Gasteiger partial charge in [-0.1, -0.05) is 18.2 Å². The highest BCUT2D eigenvalue weighted by molar-refractivity contribution is 5.94. The Labute approximate surface area is 181 Å². The Hall–Kier alpha value is -3.13. The molecule has 0 bridgehead atoms. The predicted molar refractivity (Wildman–Crippen MR) is 119 cm³/mol. The van der Waals surface area contributed by atoms with Gasteiger partial charge < -0.3 is 15.0 Å². The number of anilines is 1. The third-order valence-corrected chi connectivity index (χ3v) is 6.17. The van der Waals surface area contributed by atoms with Crippen LogP contribution in [0.15, 0.2) is 42.6 Å². The minimum atomic E-state index is -0.119. The lowest BCUT2D eigenvalue weighted by molar-refractivity contribution is 0.0924. The van der Waals surface area contributed by atoms with Crippen LogP contribution >= 0.6 is 0 Å². The summed E-state index contributed by atoms with van der Waals surface area (Å²) < 4.78 is 7.40. The molecule has 0 spiro atoms. The number of aromatic nitrogens is 3. The number of nitrogens with one attached hydrogen (secondary N) is 1. The van der Waals surface area contributed by atoms with Crippen LogP contribution < -0.4 is 15.0 Å². The Bertz CT molecular complexity index is 1090. The summed E-state index contributed by atoms with van der Waals surface area (Å²) in [5.74, 6) is 1.44. The second-order valence-electron chi connectivity index (χ2n) is 8.45. The van der Waals surface area contributed by atoms with E-state index in [1.54, 1.807) is 10.7 Å². The number of carbonyl (C=O) groups is 1. The van der Waals surface area contributed by atoms with Gasteiger partial charge in [0.05, 0.1) is 18.2 Å². The van der Waals surface area contributed by atoms with Crippen molar-refractivity contribution in [2.45, 2.75) is 32.4 Å². The number of amides is 1. The lowest BCUT2D eigenvalue weighted by Crippen LogP contribution is -2.49. The van der Waals surface area contributed by atoms with Crippen molar-refractivity contribution in [2.75, 3.05) is 37.7 Å². The fraction of sp³-hybridized carbons (Fsp3) is 0.435. The summed E-state index contributed by atoms with van der Waals surface area (Å²) in [6, 6.07) is 12.0. The van der Waals surface area contributed by atoms with E-state index >= 15 is 0 Å². The minimum Gasteiger partial charge on any atom is -0.493 e. The molecular weight excluding hydrogens is 392 g/mol. The molecule has 4 heterocycles. The SMILES string of the molecule is CC(C)N1CCN(c2nc3ccc(C(=O)N[C@H]4CCOc5ccccc54)cn3n2)CC1. The van der Waals surface area contributed by atoms with Crippen LogP contribution in [-0.2, 0) is 0 Å². The van der Waals surface area contributed by atoms with Crippen molar-refractivity contribution < 1.29 is 9.53 Å². The molecule has 0 radical (unpaired) electrons. The molecule has 8 nitrogen and oxygen atoms in total. The van der Waals surface area contributed by atoms with E-state index in [1.165, 1.54) is 0 Å². The molecule has 2 aromatic heterocycles. The van der Waals surface area contributed by atoms with Gasteiger partial charge in [-0.25, -0.2) is 4.52 Å². The number of para-hydroxylation sites is 1. The first-order chi connectivity index (χ1) is 15.1. The molecule has 1 fully saturated rings. The summed E-state index contributed by atoms with van der Waals surface area (Å²) >= 11 is 0. The fourth-order valence-corrected chi connectivity index (χ4v) is 4.31. The Morgan fingerprint density at radius 3 is 2.74 bits per heavy atom. The molecule has 0 saturated carbocycles. The van der Waals surface area contributed by atoms with E-state index in [9.17, 15) is 4.79 Å². The summed E-state index contributed by atoms with van der Waals surface area (Å²) in [5.41, 5.74) is 2.33. The van der Waals surface area contributed by atoms with Crippen molar-refractivity contribution in [1.29, 1.82) is 0 Å². The van der Waals surface area contributed by atoms with Gasteiger partial charge in [-0.15, -0.1) is 5.10 Å². The van der Waals surface area contributed by atoms with Gasteiger partial charge in [0.1, 0.15) is 5.75 Å². The molecule has 2 aliphatic rings. The van der Waals surface area contributed by atoms with Gasteiger partial charge in [0.15, 0.2) is 5.65 Å². The van der Waals surface area contributed by atoms with Gasteiger partial charge in [-0.2, -0.15) is 4.98 Å². The molecule has 3 aromatic rings. The van der Waals surface area contributed by atoms with Crippen LogP contribution in [0, 0.1) is 0 Å². The maximum atomic E-state index is 12.9. The van der Waals surface area contributed by atoms with Crippen LogP contribution in [0.5, 0.6) is 5.75 Å². The van der Waals surface area contributed by atoms with Crippen molar-refractivity contribution in [2.24, 2.45) is 0 Å². The zero-order valence-corrected chi connectivity index (χ0v) is 18.0. The van der Waals surface area contributed by atoms with Crippen molar-refractivity contribution in [3.63, 3.8) is 0 Å². The number of benzene rings is 1. The number of nitrogens with zero attached hydrogens (tertiary/aromatic N) is 5. The first-order valence-corrected chi connectivity index (χ1v) is 11.0. The summed E-state index contributed by atoms with van der Waals surface area (Å²) in [4.78, 5) is 22.3. The monoisotopic (exact) mass is 420 g/mol. The molecule has 8 heteroatoms. The molecular formula is C23H28N6O2. The lowest BCUT2D eigenvalue weighted by Gasteiger charge is -2.36. The van der Waals surface area contributed by atoms with Gasteiger partial charge >= 0.3 is 0 Å². The number of hydrogen-bond donors (Lipinski definition) is 1. The first-order valence-electron chi connectivity index (χ1n) is 11.0. The summed E-state index contributed by atoms with van der Waals surface area (Å²) in [5, 5.41) is 7.79. The summed E-state index contributed by atoms with van der Waals surface area (Å²) in [7, 11) is 0. The highest BCUT2D eigenvalue weighted by atomic mass is 16.5. The van der Waals surface area contributed by atoms with E-state index in [0.717, 1.165) is 55.5 Å². The molecule has 1 saturated heterocycles. The van der Waals surface area contributed by atoms with E-state index in [-0.39, 0.29) is 11.9 Å². The van der Waals surface area contributed by atoms with Crippen molar-refractivity contribution in [1.82, 2.24) is 24.8 Å². The Morgan fingerprint density at radius 2 is 1.94 bits per heavy atom. The van der Waals surface area contributed by atoms with Crippen LogP contribution in [0.1, 0.15) is 42.2 Å². The Morgan fingerprint density at radius 1 is 1.13 bits per heavy atom. The summed E-state index contributed by atoms with van der Waals surface area (Å²) in [6.07, 6.45) is 2.51. The van der Waals surface area contributed by atoms with Crippen LogP contribution in [0.4, 0.5) is 5.95 Å². The van der Waals surface area contributed by atoms with Crippen LogP contribution in [0.2, 0.25) is 0 Å². The third-order valence-electron chi connectivity index (χ3n) is 6.17. The van der Waals surface area contributed by atoms with Crippen molar-refractivity contribution in [3.05, 3.63) is 53.7 Å². The normalized spacial score (nSPS) is 19.3. The number of hydrogen-bond acceptors (Lipinski definition) is 6. The number of piperazine rings is 1. The topological polar surface area (TPSA) is 75.0 Å². The Balaban J connectivity index is 1.31. The number of rotatable bonds is 4. The molecule has 0 unspecified atom stereocenters. The zero-order chi connectivity index (χ0) is 21.4. The smallest absolute Gasteiger partial charge is 0.253 e. The zero-order valence-electron chi connectivity index (χ0n) is 18.0. The van der Waals surface area contributed by atoms with E-state index in [0.29, 0.717) is 18.2 Å². The molecule has 1 aromatic carbocycles. The maximum Gasteiger partial charge on any atom is 0.253 e. The van der Waals surface area contributed by atoms with E-state index < -0.39 is 0 Å². The highest BCUT2D eigenvalue weighted by Gasteiger charge is 2.24. The molecule has 0 aliphatic carbocycles. The van der Waals surface area contributed by atoms with Gasteiger partial charge in [0.2, 0.25) is 5.95 Å². The van der Waals surface area contributed by atoms with Gasteiger partial charge in [-0.3, -0.25) is 9.69 Å². The number of ether oxygens (including phenoxy) is 1. The largest absolute Gasteiger partial charge is 0.493 e. The molecule has 2 aliphatic heterocycles. The quantitative estimate of drug-likeness (QED) is 0.699. The summed E-state index contributed by atoms with van der Waals surface area (Å²) in [6.45, 7) is 8.88. The van der Waals surface area contributed by atoms with E-state index in [4.69, 9.17) is 4.74 Å². The predicted octanol–water partition coefficient (Wildman–Crippen LogP) is 2.51.